The van der Waals surface area contributed by atoms with E-state index in [2.05, 4.69) is 49.4 Å². The maximum Gasteiger partial charge on any atom is 0.196 e. The first-order valence-electron chi connectivity index (χ1n) is 6.98. The molecular formula is C16H19N3S. The van der Waals surface area contributed by atoms with Gasteiger partial charge in [-0.15, -0.1) is 11.3 Å². The first-order chi connectivity index (χ1) is 9.63. The molecule has 0 saturated heterocycles. The molecule has 0 aliphatic rings. The summed E-state index contributed by atoms with van der Waals surface area (Å²) in [6.07, 6.45) is 0.995. The van der Waals surface area contributed by atoms with E-state index in [1.807, 2.05) is 6.07 Å². The van der Waals surface area contributed by atoms with E-state index in [0.717, 1.165) is 22.9 Å². The fraction of sp³-hybridized carbons (Fsp3) is 0.312. The van der Waals surface area contributed by atoms with Crippen LogP contribution in [0.3, 0.4) is 0 Å². The number of nitrogen functional groups attached to an aromatic ring is 1. The van der Waals surface area contributed by atoms with Gasteiger partial charge < -0.3 is 5.73 Å². The smallest absolute Gasteiger partial charge is 0.196 e. The molecule has 4 heteroatoms. The maximum atomic E-state index is 6.35. The molecule has 0 fully saturated rings. The number of thiazole rings is 1. The number of aryl methyl sites for hydroxylation is 1. The molecule has 104 valence electrons. The number of imidazole rings is 1. The predicted octanol–water partition coefficient (Wildman–Crippen LogP) is 4.33. The molecule has 0 radical (unpaired) electrons. The molecule has 0 saturated carbocycles. The number of anilines is 1. The number of hydrogen-bond acceptors (Lipinski definition) is 3. The van der Waals surface area contributed by atoms with Gasteiger partial charge in [-0.2, -0.15) is 0 Å². The molecule has 0 aliphatic carbocycles. The fourth-order valence-corrected chi connectivity index (χ4v) is 3.64. The Hall–Kier alpha value is -1.81. The van der Waals surface area contributed by atoms with Gasteiger partial charge in [-0.3, -0.25) is 4.40 Å². The Morgan fingerprint density at radius 1 is 1.25 bits per heavy atom. The van der Waals surface area contributed by atoms with Crippen LogP contribution in [0.5, 0.6) is 0 Å². The molecule has 3 aromatic rings. The van der Waals surface area contributed by atoms with Gasteiger partial charge in [-0.05, 0) is 17.9 Å². The highest BCUT2D eigenvalue weighted by atomic mass is 32.1. The van der Waals surface area contributed by atoms with Crippen molar-refractivity contribution in [2.75, 3.05) is 5.73 Å². The van der Waals surface area contributed by atoms with E-state index in [0.29, 0.717) is 5.92 Å². The van der Waals surface area contributed by atoms with E-state index in [9.17, 15) is 0 Å². The van der Waals surface area contributed by atoms with Crippen LogP contribution in [-0.4, -0.2) is 9.38 Å². The van der Waals surface area contributed by atoms with Crippen LogP contribution in [-0.2, 0) is 6.42 Å². The lowest BCUT2D eigenvalue weighted by atomic mass is 10.1. The molecular weight excluding hydrogens is 266 g/mol. The monoisotopic (exact) mass is 285 g/mol. The first-order valence-corrected chi connectivity index (χ1v) is 7.80. The van der Waals surface area contributed by atoms with Gasteiger partial charge >= 0.3 is 0 Å². The zero-order valence-corrected chi connectivity index (χ0v) is 12.9. The molecule has 0 unspecified atom stereocenters. The second-order valence-electron chi connectivity index (χ2n) is 5.25. The van der Waals surface area contributed by atoms with Gasteiger partial charge in [-0.1, -0.05) is 51.1 Å². The van der Waals surface area contributed by atoms with Gasteiger partial charge in [0.05, 0.1) is 11.4 Å². The summed E-state index contributed by atoms with van der Waals surface area (Å²) in [5.74, 6) is 1.13. The van der Waals surface area contributed by atoms with E-state index in [1.54, 1.807) is 11.3 Å². The van der Waals surface area contributed by atoms with Gasteiger partial charge in [0.15, 0.2) is 4.96 Å². The summed E-state index contributed by atoms with van der Waals surface area (Å²) in [6, 6.07) is 10.4. The van der Waals surface area contributed by atoms with E-state index >= 15 is 0 Å². The van der Waals surface area contributed by atoms with Gasteiger partial charge in [0, 0.05) is 4.88 Å². The van der Waals surface area contributed by atoms with E-state index in [1.165, 1.54) is 16.1 Å². The molecule has 2 aromatic heterocycles. The molecule has 0 aliphatic heterocycles. The first kappa shape index (κ1) is 13.2. The Bertz CT molecular complexity index is 738. The Morgan fingerprint density at radius 3 is 2.55 bits per heavy atom. The zero-order chi connectivity index (χ0) is 14.3. The summed E-state index contributed by atoms with van der Waals surface area (Å²) in [7, 11) is 0. The average molecular weight is 285 g/mol. The van der Waals surface area contributed by atoms with Crippen LogP contribution >= 0.6 is 11.3 Å². The van der Waals surface area contributed by atoms with Crippen molar-refractivity contribution in [1.82, 2.24) is 9.38 Å². The largest absolute Gasteiger partial charge is 0.383 e. The van der Waals surface area contributed by atoms with Crippen molar-refractivity contribution in [3.8, 4) is 11.3 Å². The van der Waals surface area contributed by atoms with Gasteiger partial charge in [0.2, 0.25) is 0 Å². The van der Waals surface area contributed by atoms with Crippen LogP contribution in [0.4, 0.5) is 5.82 Å². The lowest BCUT2D eigenvalue weighted by molar-refractivity contribution is 0.838. The van der Waals surface area contributed by atoms with Crippen molar-refractivity contribution < 1.29 is 0 Å². The summed E-state index contributed by atoms with van der Waals surface area (Å²) in [6.45, 7) is 6.44. The SMILES string of the molecule is CCc1sc2nc(C(C)C)c(N)n2c1-c1ccccc1. The van der Waals surface area contributed by atoms with Crippen LogP contribution in [0.15, 0.2) is 30.3 Å². The minimum Gasteiger partial charge on any atom is -0.383 e. The van der Waals surface area contributed by atoms with E-state index in [4.69, 9.17) is 10.7 Å². The lowest BCUT2D eigenvalue weighted by Crippen LogP contribution is -2.00. The quantitative estimate of drug-likeness (QED) is 0.778. The fourth-order valence-electron chi connectivity index (χ4n) is 2.55. The Morgan fingerprint density at radius 2 is 1.95 bits per heavy atom. The number of fused-ring (bicyclic) bond motifs is 1. The van der Waals surface area contributed by atoms with E-state index < -0.39 is 0 Å². The molecule has 0 bridgehead atoms. The normalized spacial score (nSPS) is 11.6. The average Bonchev–Trinajstić information content (AvgIpc) is 2.97. The van der Waals surface area contributed by atoms with Gasteiger partial charge in [-0.25, -0.2) is 4.98 Å². The molecule has 20 heavy (non-hydrogen) atoms. The van der Waals surface area contributed by atoms with Crippen LogP contribution in [0.25, 0.3) is 16.2 Å². The Balaban J connectivity index is 2.33. The molecule has 1 aromatic carbocycles. The van der Waals surface area contributed by atoms with Gasteiger partial charge in [0.1, 0.15) is 5.82 Å². The summed E-state index contributed by atoms with van der Waals surface area (Å²) in [4.78, 5) is 7.06. The van der Waals surface area contributed by atoms with E-state index in [-0.39, 0.29) is 0 Å². The van der Waals surface area contributed by atoms with Crippen molar-refractivity contribution in [2.45, 2.75) is 33.1 Å². The number of benzene rings is 1. The molecule has 0 atom stereocenters. The third kappa shape index (κ3) is 1.91. The Labute approximate surface area is 123 Å². The molecule has 2 heterocycles. The summed E-state index contributed by atoms with van der Waals surface area (Å²) >= 11 is 1.74. The number of hydrogen-bond donors (Lipinski definition) is 1. The third-order valence-electron chi connectivity index (χ3n) is 3.53. The molecule has 0 amide bonds. The van der Waals surface area contributed by atoms with Crippen molar-refractivity contribution in [3.63, 3.8) is 0 Å². The number of rotatable bonds is 3. The van der Waals surface area contributed by atoms with Crippen LogP contribution in [0.1, 0.15) is 37.3 Å². The topological polar surface area (TPSA) is 43.3 Å². The van der Waals surface area contributed by atoms with Crippen molar-refractivity contribution in [1.29, 1.82) is 0 Å². The summed E-state index contributed by atoms with van der Waals surface area (Å²) in [5, 5.41) is 0. The molecule has 2 N–H and O–H groups in total. The summed E-state index contributed by atoms with van der Waals surface area (Å²) < 4.78 is 2.12. The highest BCUT2D eigenvalue weighted by Crippen LogP contribution is 2.36. The molecule has 3 nitrogen and oxygen atoms in total. The summed E-state index contributed by atoms with van der Waals surface area (Å²) in [5.41, 5.74) is 9.75. The predicted molar refractivity (Wildman–Crippen MR) is 86.4 cm³/mol. The molecule has 0 spiro atoms. The second kappa shape index (κ2) is 4.94. The van der Waals surface area contributed by atoms with Crippen molar-refractivity contribution in [2.24, 2.45) is 0 Å². The number of nitrogens with zero attached hydrogens (tertiary/aromatic N) is 2. The highest BCUT2D eigenvalue weighted by molar-refractivity contribution is 7.17. The number of aromatic nitrogens is 2. The van der Waals surface area contributed by atoms with Crippen LogP contribution < -0.4 is 5.73 Å². The number of nitrogens with two attached hydrogens (primary N) is 1. The molecule has 3 rings (SSSR count). The minimum atomic E-state index is 0.343. The van der Waals surface area contributed by atoms with Crippen molar-refractivity contribution in [3.05, 3.63) is 40.9 Å². The zero-order valence-electron chi connectivity index (χ0n) is 12.1. The lowest BCUT2D eigenvalue weighted by Gasteiger charge is -2.06. The maximum absolute atomic E-state index is 6.35. The van der Waals surface area contributed by atoms with Crippen LogP contribution in [0, 0.1) is 0 Å². The highest BCUT2D eigenvalue weighted by Gasteiger charge is 2.20. The third-order valence-corrected chi connectivity index (χ3v) is 4.71. The second-order valence-corrected chi connectivity index (χ2v) is 6.31. The standard InChI is InChI=1S/C16H19N3S/c1-4-12-14(11-8-6-5-7-9-11)19-15(17)13(10(2)3)18-16(19)20-12/h5-10H,4,17H2,1-3H3. The van der Waals surface area contributed by atoms with Gasteiger partial charge in [0.25, 0.3) is 0 Å². The minimum absolute atomic E-state index is 0.343. The van der Waals surface area contributed by atoms with Crippen LogP contribution in [0.2, 0.25) is 0 Å². The Kier molecular flexibility index (Phi) is 3.26. The van der Waals surface area contributed by atoms with Crippen molar-refractivity contribution >= 4 is 22.1 Å².